The van der Waals surface area contributed by atoms with Crippen molar-refractivity contribution in [3.05, 3.63) is 29.8 Å². The molecule has 1 rings (SSSR count). The number of nitrogens with one attached hydrogen (secondary N) is 1. The zero-order chi connectivity index (χ0) is 38.0. The van der Waals surface area contributed by atoms with E-state index in [1.807, 2.05) is 12.1 Å². The smallest absolute Gasteiger partial charge is 0.338 e. The lowest BCUT2D eigenvalue weighted by atomic mass is 10.2. The van der Waals surface area contributed by atoms with Crippen LogP contribution in [0.15, 0.2) is 24.3 Å². The number of hydrogen-bond donors (Lipinski definition) is 1. The number of anilines is 1. The van der Waals surface area contributed by atoms with Gasteiger partial charge in [0.1, 0.15) is 6.61 Å². The Kier molecular flexibility index (Phi) is 38.9. The summed E-state index contributed by atoms with van der Waals surface area (Å²) in [5.74, 6) is -0.362. The molecule has 16 heteroatoms. The minimum Gasteiger partial charge on any atom is -0.460 e. The van der Waals surface area contributed by atoms with Crippen LogP contribution in [-0.4, -0.2) is 183 Å². The SMILES string of the molecule is CCCCNc1ccc(C(=O)OCCOCCOCCOCCOCCOCCOCCOCCOCCOCCOCCOCCOCCBr)cc1. The first-order valence-corrected chi connectivity index (χ1v) is 19.9. The van der Waals surface area contributed by atoms with Crippen molar-refractivity contribution in [2.24, 2.45) is 0 Å². The largest absolute Gasteiger partial charge is 0.460 e. The van der Waals surface area contributed by atoms with Crippen molar-refractivity contribution in [2.75, 3.05) is 182 Å². The Morgan fingerprint density at radius 1 is 0.453 bits per heavy atom. The van der Waals surface area contributed by atoms with Crippen LogP contribution in [0.4, 0.5) is 5.69 Å². The summed E-state index contributed by atoms with van der Waals surface area (Å²) in [6, 6.07) is 7.29. The molecule has 0 aliphatic heterocycles. The normalized spacial score (nSPS) is 11.4. The molecule has 0 heterocycles. The second-order valence-corrected chi connectivity index (χ2v) is 11.8. The van der Waals surface area contributed by atoms with Gasteiger partial charge in [0.2, 0.25) is 0 Å². The number of esters is 1. The number of halogens is 1. The van der Waals surface area contributed by atoms with Gasteiger partial charge in [-0.1, -0.05) is 29.3 Å². The first-order chi connectivity index (χ1) is 26.3. The molecule has 310 valence electrons. The predicted octanol–water partition coefficient (Wildman–Crippen LogP) is 3.65. The second-order valence-electron chi connectivity index (χ2n) is 11.0. The van der Waals surface area contributed by atoms with E-state index < -0.39 is 0 Å². The van der Waals surface area contributed by atoms with Crippen molar-refractivity contribution in [1.82, 2.24) is 0 Å². The van der Waals surface area contributed by atoms with Crippen molar-refractivity contribution in [3.8, 4) is 0 Å². The highest BCUT2D eigenvalue weighted by Gasteiger charge is 2.07. The number of hydrogen-bond acceptors (Lipinski definition) is 15. The number of ether oxygens (including phenoxy) is 13. The van der Waals surface area contributed by atoms with Crippen molar-refractivity contribution in [3.63, 3.8) is 0 Å². The lowest BCUT2D eigenvalue weighted by Crippen LogP contribution is -2.16. The average molecular weight is 829 g/mol. The van der Waals surface area contributed by atoms with Gasteiger partial charge in [0.05, 0.1) is 164 Å². The molecule has 0 saturated carbocycles. The van der Waals surface area contributed by atoms with E-state index in [0.717, 1.165) is 30.4 Å². The van der Waals surface area contributed by atoms with Gasteiger partial charge >= 0.3 is 5.97 Å². The zero-order valence-electron chi connectivity index (χ0n) is 31.9. The quantitative estimate of drug-likeness (QED) is 0.0580. The zero-order valence-corrected chi connectivity index (χ0v) is 33.5. The van der Waals surface area contributed by atoms with Gasteiger partial charge in [0, 0.05) is 17.6 Å². The van der Waals surface area contributed by atoms with E-state index in [2.05, 4.69) is 28.2 Å². The van der Waals surface area contributed by atoms with Crippen LogP contribution in [0, 0.1) is 0 Å². The fourth-order valence-corrected chi connectivity index (χ4v) is 4.21. The molecule has 1 aromatic rings. The second kappa shape index (κ2) is 41.6. The highest BCUT2D eigenvalue weighted by atomic mass is 79.9. The predicted molar refractivity (Wildman–Crippen MR) is 204 cm³/mol. The molecule has 0 bridgehead atoms. The molecule has 0 aliphatic carbocycles. The maximum Gasteiger partial charge on any atom is 0.338 e. The Morgan fingerprint density at radius 2 is 0.736 bits per heavy atom. The summed E-state index contributed by atoms with van der Waals surface area (Å²) in [6.07, 6.45) is 2.24. The maximum absolute atomic E-state index is 12.1. The van der Waals surface area contributed by atoms with Crippen LogP contribution < -0.4 is 5.32 Å². The third-order valence-electron chi connectivity index (χ3n) is 6.75. The molecule has 0 amide bonds. The first-order valence-electron chi connectivity index (χ1n) is 18.8. The van der Waals surface area contributed by atoms with Gasteiger partial charge in [-0.25, -0.2) is 4.79 Å². The molecular weight excluding hydrogens is 762 g/mol. The van der Waals surface area contributed by atoms with E-state index in [1.165, 1.54) is 0 Å². The molecule has 0 aliphatic rings. The van der Waals surface area contributed by atoms with E-state index in [4.69, 9.17) is 61.6 Å². The third kappa shape index (κ3) is 35.9. The molecule has 0 atom stereocenters. The van der Waals surface area contributed by atoms with Gasteiger partial charge in [-0.05, 0) is 30.7 Å². The standard InChI is InChI=1S/C37H66BrNO14/c1-2-3-9-39-36-6-4-35(5-7-36)37(40)53-34-33-52-32-31-51-30-29-50-28-27-49-26-25-48-24-23-47-22-21-46-20-19-45-18-17-44-16-15-43-14-13-42-12-11-41-10-8-38/h4-7,39H,2-3,8-34H2,1H3. The Hall–Kier alpha value is -1.51. The summed E-state index contributed by atoms with van der Waals surface area (Å²) in [7, 11) is 0. The van der Waals surface area contributed by atoms with Crippen molar-refractivity contribution in [2.45, 2.75) is 19.8 Å². The average Bonchev–Trinajstić information content (AvgIpc) is 3.17. The summed E-state index contributed by atoms with van der Waals surface area (Å²) in [5, 5.41) is 4.15. The van der Waals surface area contributed by atoms with Crippen molar-refractivity contribution in [1.29, 1.82) is 0 Å². The molecule has 0 unspecified atom stereocenters. The van der Waals surface area contributed by atoms with Gasteiger partial charge in [-0.15, -0.1) is 0 Å². The van der Waals surface area contributed by atoms with Crippen LogP contribution in [-0.2, 0) is 61.6 Å². The number of alkyl halides is 1. The first kappa shape index (κ1) is 49.5. The molecule has 53 heavy (non-hydrogen) atoms. The number of carbonyl (C=O) groups excluding carboxylic acids is 1. The summed E-state index contributed by atoms with van der Waals surface area (Å²) >= 11 is 3.30. The lowest BCUT2D eigenvalue weighted by molar-refractivity contribution is -0.0287. The molecule has 0 spiro atoms. The van der Waals surface area contributed by atoms with E-state index in [-0.39, 0.29) is 12.6 Å². The molecular formula is C37H66BrNO14. The minimum absolute atomic E-state index is 0.188. The summed E-state index contributed by atoms with van der Waals surface area (Å²) < 4.78 is 70.7. The fourth-order valence-electron chi connectivity index (χ4n) is 3.99. The molecule has 1 aromatic carbocycles. The van der Waals surface area contributed by atoms with Crippen LogP contribution in [0.2, 0.25) is 0 Å². The summed E-state index contributed by atoms with van der Waals surface area (Å²) in [5.41, 5.74) is 1.51. The van der Waals surface area contributed by atoms with Gasteiger partial charge in [-0.2, -0.15) is 0 Å². The van der Waals surface area contributed by atoms with Gasteiger partial charge < -0.3 is 66.9 Å². The highest BCUT2D eigenvalue weighted by molar-refractivity contribution is 9.09. The summed E-state index contributed by atoms with van der Waals surface area (Å²) in [4.78, 5) is 12.1. The minimum atomic E-state index is -0.362. The van der Waals surface area contributed by atoms with E-state index in [1.54, 1.807) is 12.1 Å². The van der Waals surface area contributed by atoms with Crippen LogP contribution >= 0.6 is 15.9 Å². The number of benzene rings is 1. The maximum atomic E-state index is 12.1. The van der Waals surface area contributed by atoms with Gasteiger partial charge in [0.25, 0.3) is 0 Å². The fraction of sp³-hybridized carbons (Fsp3) is 0.811. The van der Waals surface area contributed by atoms with Crippen LogP contribution in [0.25, 0.3) is 0 Å². The van der Waals surface area contributed by atoms with Gasteiger partial charge in [-0.3, -0.25) is 0 Å². The molecule has 15 nitrogen and oxygen atoms in total. The number of rotatable bonds is 43. The number of carbonyl (C=O) groups is 1. The molecule has 1 N–H and O–H groups in total. The van der Waals surface area contributed by atoms with E-state index in [0.29, 0.717) is 164 Å². The Morgan fingerprint density at radius 3 is 1.02 bits per heavy atom. The Bertz CT molecular complexity index is 890. The molecule has 0 aromatic heterocycles. The molecule has 0 fully saturated rings. The Labute approximate surface area is 325 Å². The van der Waals surface area contributed by atoms with E-state index >= 15 is 0 Å². The van der Waals surface area contributed by atoms with Crippen molar-refractivity contribution >= 4 is 27.6 Å². The molecule has 0 saturated heterocycles. The van der Waals surface area contributed by atoms with Gasteiger partial charge in [0.15, 0.2) is 0 Å². The molecule has 0 radical (unpaired) electrons. The van der Waals surface area contributed by atoms with Crippen LogP contribution in [0.1, 0.15) is 30.1 Å². The van der Waals surface area contributed by atoms with E-state index in [9.17, 15) is 4.79 Å². The topological polar surface area (TPSA) is 149 Å². The van der Waals surface area contributed by atoms with Crippen LogP contribution in [0.3, 0.4) is 0 Å². The monoisotopic (exact) mass is 827 g/mol. The third-order valence-corrected chi connectivity index (χ3v) is 7.08. The number of unbranched alkanes of at least 4 members (excludes halogenated alkanes) is 1. The lowest BCUT2D eigenvalue weighted by Gasteiger charge is -2.09. The van der Waals surface area contributed by atoms with Crippen LogP contribution in [0.5, 0.6) is 0 Å². The summed E-state index contributed by atoms with van der Waals surface area (Å²) in [6.45, 7) is 15.3. The Balaban J connectivity index is 1.67. The highest BCUT2D eigenvalue weighted by Crippen LogP contribution is 2.11. The van der Waals surface area contributed by atoms with Crippen molar-refractivity contribution < 1.29 is 66.4 Å².